The molecule has 6 heteroatoms. The number of rotatable bonds is 1. The summed E-state index contributed by atoms with van der Waals surface area (Å²) in [7, 11) is 1.72. The molecule has 0 aromatic carbocycles. The Bertz CT molecular complexity index is 385. The van der Waals surface area contributed by atoms with Gasteiger partial charge in [-0.2, -0.15) is 0 Å². The van der Waals surface area contributed by atoms with E-state index in [0.29, 0.717) is 15.8 Å². The van der Waals surface area contributed by atoms with E-state index in [9.17, 15) is 9.59 Å². The Hall–Kier alpha value is -1.43. The molecule has 2 N–H and O–H groups in total. The molecule has 0 saturated heterocycles. The molecule has 0 radical (unpaired) electrons. The van der Waals surface area contributed by atoms with Crippen LogP contribution in [-0.4, -0.2) is 23.7 Å². The first kappa shape index (κ1) is 8.18. The van der Waals surface area contributed by atoms with Crippen LogP contribution in [0.3, 0.4) is 0 Å². The van der Waals surface area contributed by atoms with Crippen LogP contribution in [0.2, 0.25) is 0 Å². The van der Waals surface area contributed by atoms with E-state index in [0.717, 1.165) is 0 Å². The van der Waals surface area contributed by atoms with Gasteiger partial charge in [-0.3, -0.25) is 9.59 Å². The average Bonchev–Trinajstić information content (AvgIpc) is 2.47. The normalized spacial score (nSPS) is 15.2. The molecular weight excluding hydrogens is 190 g/mol. The van der Waals surface area contributed by atoms with Crippen LogP contribution in [0, 0.1) is 0 Å². The Balaban J connectivity index is 2.46. The summed E-state index contributed by atoms with van der Waals surface area (Å²) in [6, 6.07) is 0. The van der Waals surface area contributed by atoms with Crippen molar-refractivity contribution in [3.8, 4) is 0 Å². The number of anilines is 2. The van der Waals surface area contributed by atoms with Crippen molar-refractivity contribution in [1.82, 2.24) is 4.98 Å². The first-order valence-electron chi connectivity index (χ1n) is 3.72. The second kappa shape index (κ2) is 2.81. The van der Waals surface area contributed by atoms with E-state index in [4.69, 9.17) is 0 Å². The van der Waals surface area contributed by atoms with Crippen LogP contribution >= 0.6 is 11.3 Å². The number of aromatic nitrogens is 1. The quantitative estimate of drug-likeness (QED) is 0.650. The number of nitrogens with zero attached hydrogens (tertiary/aromatic N) is 1. The fraction of sp³-hybridized carbons (Fsp3) is 0.286. The third-order valence-electron chi connectivity index (χ3n) is 1.67. The minimum atomic E-state index is -0.287. The summed E-state index contributed by atoms with van der Waals surface area (Å²) in [5.41, 5.74) is 0. The zero-order valence-electron chi connectivity index (χ0n) is 6.88. The maximum absolute atomic E-state index is 11.3. The average molecular weight is 197 g/mol. The molecule has 0 unspecified atom stereocenters. The molecule has 1 aliphatic rings. The molecule has 13 heavy (non-hydrogen) atoms. The Labute approximate surface area is 78.2 Å². The fourth-order valence-electron chi connectivity index (χ4n) is 1.10. The van der Waals surface area contributed by atoms with Crippen LogP contribution in [0.4, 0.5) is 10.9 Å². The van der Waals surface area contributed by atoms with Crippen molar-refractivity contribution in [2.45, 2.75) is 6.42 Å². The van der Waals surface area contributed by atoms with Crippen LogP contribution in [0.5, 0.6) is 0 Å². The highest BCUT2D eigenvalue weighted by atomic mass is 32.1. The Morgan fingerprint density at radius 1 is 1.54 bits per heavy atom. The van der Waals surface area contributed by atoms with Gasteiger partial charge >= 0.3 is 0 Å². The Morgan fingerprint density at radius 3 is 3.00 bits per heavy atom. The van der Waals surface area contributed by atoms with Gasteiger partial charge in [0.2, 0.25) is 5.91 Å². The highest BCUT2D eigenvalue weighted by Gasteiger charge is 2.26. The summed E-state index contributed by atoms with van der Waals surface area (Å²) in [5, 5.41) is 6.01. The number of amides is 1. The number of nitrogens with one attached hydrogen (secondary N) is 2. The number of hydrogen-bond donors (Lipinski definition) is 2. The predicted octanol–water partition coefficient (Wildman–Crippen LogP) is 0.710. The zero-order chi connectivity index (χ0) is 9.42. The number of fused-ring (bicyclic) bond motifs is 1. The second-order valence-electron chi connectivity index (χ2n) is 2.59. The molecule has 0 fully saturated rings. The first-order valence-corrected chi connectivity index (χ1v) is 4.54. The van der Waals surface area contributed by atoms with E-state index in [1.165, 1.54) is 11.3 Å². The standard InChI is InChI=1S/C7H7N3O2S/c1-8-7-10-6-5(13-7)3(11)2-4(12)9-6/h2H2,1H3,(H,8,10)(H,9,12). The predicted molar refractivity (Wildman–Crippen MR) is 49.2 cm³/mol. The van der Waals surface area contributed by atoms with Crippen molar-refractivity contribution in [3.05, 3.63) is 4.88 Å². The monoisotopic (exact) mass is 197 g/mol. The molecule has 2 rings (SSSR count). The van der Waals surface area contributed by atoms with Crippen molar-refractivity contribution >= 4 is 34.0 Å². The highest BCUT2D eigenvalue weighted by Crippen LogP contribution is 2.30. The number of ketones is 1. The lowest BCUT2D eigenvalue weighted by atomic mass is 10.2. The van der Waals surface area contributed by atoms with E-state index in [1.54, 1.807) is 7.05 Å². The molecular formula is C7H7N3O2S. The van der Waals surface area contributed by atoms with Crippen LogP contribution < -0.4 is 10.6 Å². The van der Waals surface area contributed by atoms with Gasteiger partial charge in [0.15, 0.2) is 16.7 Å². The van der Waals surface area contributed by atoms with Crippen molar-refractivity contribution < 1.29 is 9.59 Å². The minimum absolute atomic E-state index is 0.0711. The summed E-state index contributed by atoms with van der Waals surface area (Å²) in [5.74, 6) is -0.0567. The second-order valence-corrected chi connectivity index (χ2v) is 3.59. The minimum Gasteiger partial charge on any atom is -0.365 e. The SMILES string of the molecule is CNc1nc2c(s1)C(=O)CC(=O)N2. The van der Waals surface area contributed by atoms with Crippen LogP contribution in [0.1, 0.15) is 16.1 Å². The number of thiazole rings is 1. The summed E-state index contributed by atoms with van der Waals surface area (Å²) in [6.45, 7) is 0. The lowest BCUT2D eigenvalue weighted by molar-refractivity contribution is -0.115. The molecule has 0 saturated carbocycles. The van der Waals surface area contributed by atoms with E-state index in [1.807, 2.05) is 0 Å². The summed E-state index contributed by atoms with van der Waals surface area (Å²) in [6.07, 6.45) is -0.0711. The smallest absolute Gasteiger partial charge is 0.233 e. The molecule has 1 aromatic heterocycles. The molecule has 0 spiro atoms. The van der Waals surface area contributed by atoms with Gasteiger partial charge in [-0.1, -0.05) is 11.3 Å². The molecule has 1 amide bonds. The number of carbonyl (C=O) groups is 2. The van der Waals surface area contributed by atoms with Gasteiger partial charge in [0, 0.05) is 7.05 Å². The Morgan fingerprint density at radius 2 is 2.31 bits per heavy atom. The fourth-order valence-corrected chi connectivity index (χ4v) is 1.91. The third kappa shape index (κ3) is 1.29. The summed E-state index contributed by atoms with van der Waals surface area (Å²) < 4.78 is 0. The van der Waals surface area contributed by atoms with Crippen molar-refractivity contribution in [2.24, 2.45) is 0 Å². The largest absolute Gasteiger partial charge is 0.365 e. The van der Waals surface area contributed by atoms with Gasteiger partial charge in [0.25, 0.3) is 0 Å². The van der Waals surface area contributed by atoms with Gasteiger partial charge in [-0.05, 0) is 0 Å². The van der Waals surface area contributed by atoms with E-state index in [2.05, 4.69) is 15.6 Å². The molecule has 0 bridgehead atoms. The summed E-state index contributed by atoms with van der Waals surface area (Å²) in [4.78, 5) is 26.8. The molecule has 1 aliphatic heterocycles. The van der Waals surface area contributed by atoms with Crippen molar-refractivity contribution in [2.75, 3.05) is 17.7 Å². The maximum atomic E-state index is 11.3. The van der Waals surface area contributed by atoms with Crippen molar-refractivity contribution in [3.63, 3.8) is 0 Å². The highest BCUT2D eigenvalue weighted by molar-refractivity contribution is 7.18. The van der Waals surface area contributed by atoms with Crippen LogP contribution in [-0.2, 0) is 4.79 Å². The molecule has 0 aliphatic carbocycles. The zero-order valence-corrected chi connectivity index (χ0v) is 7.70. The van der Waals surface area contributed by atoms with Crippen LogP contribution in [0.25, 0.3) is 0 Å². The number of carbonyl (C=O) groups excluding carboxylic acids is 2. The Kier molecular flexibility index (Phi) is 1.77. The van der Waals surface area contributed by atoms with Gasteiger partial charge < -0.3 is 10.6 Å². The van der Waals surface area contributed by atoms with Crippen LogP contribution in [0.15, 0.2) is 0 Å². The van der Waals surface area contributed by atoms with Gasteiger partial charge in [-0.15, -0.1) is 0 Å². The number of Topliss-reactive ketones (excluding diaryl/α,β-unsaturated/α-hetero) is 1. The van der Waals surface area contributed by atoms with Gasteiger partial charge in [0.05, 0.1) is 6.42 Å². The number of hydrogen-bond acceptors (Lipinski definition) is 5. The molecule has 2 heterocycles. The van der Waals surface area contributed by atoms with Crippen molar-refractivity contribution in [1.29, 1.82) is 0 Å². The molecule has 5 nitrogen and oxygen atoms in total. The lowest BCUT2D eigenvalue weighted by Gasteiger charge is -2.08. The lowest BCUT2D eigenvalue weighted by Crippen LogP contribution is -2.22. The topological polar surface area (TPSA) is 71.1 Å². The molecule has 1 aromatic rings. The van der Waals surface area contributed by atoms with E-state index < -0.39 is 0 Å². The van der Waals surface area contributed by atoms with Gasteiger partial charge in [-0.25, -0.2) is 4.98 Å². The first-order chi connectivity index (χ1) is 6.20. The third-order valence-corrected chi connectivity index (χ3v) is 2.79. The maximum Gasteiger partial charge on any atom is 0.233 e. The summed E-state index contributed by atoms with van der Waals surface area (Å²) >= 11 is 1.26. The molecule has 0 atom stereocenters. The molecule has 68 valence electrons. The van der Waals surface area contributed by atoms with Gasteiger partial charge in [0.1, 0.15) is 4.88 Å². The van der Waals surface area contributed by atoms with E-state index in [-0.39, 0.29) is 18.1 Å². The van der Waals surface area contributed by atoms with E-state index >= 15 is 0 Å².